The molecule has 0 bridgehead atoms. The van der Waals surface area contributed by atoms with Crippen LogP contribution >= 0.6 is 31.9 Å². The van der Waals surface area contributed by atoms with Crippen molar-refractivity contribution >= 4 is 37.6 Å². The number of benzene rings is 2. The van der Waals surface area contributed by atoms with Gasteiger partial charge in [0.25, 0.3) is 0 Å². The molecule has 2 rings (SSSR count). The van der Waals surface area contributed by atoms with Crippen molar-refractivity contribution in [1.29, 1.82) is 0 Å². The van der Waals surface area contributed by atoms with Gasteiger partial charge in [0.05, 0.1) is 15.2 Å². The average Bonchev–Trinajstić information content (AvgIpc) is 2.46. The summed E-state index contributed by atoms with van der Waals surface area (Å²) in [6.07, 6.45) is 0. The summed E-state index contributed by atoms with van der Waals surface area (Å²) < 4.78 is 12.9. The Labute approximate surface area is 132 Å². The van der Waals surface area contributed by atoms with Crippen molar-refractivity contribution in [3.05, 3.63) is 65.5 Å². The Morgan fingerprint density at radius 2 is 1.65 bits per heavy atom. The quantitative estimate of drug-likeness (QED) is 0.599. The van der Waals surface area contributed by atoms with Crippen LogP contribution in [-0.2, 0) is 0 Å². The minimum Gasteiger partial charge on any atom is -0.507 e. The topological polar surface area (TPSA) is 37.3 Å². The lowest BCUT2D eigenvalue weighted by Gasteiger charge is -2.16. The Bertz CT molecular complexity index is 614. The maximum Gasteiger partial charge on any atom is 0.181 e. The molecule has 1 N–H and O–H groups in total. The van der Waals surface area contributed by atoms with Crippen molar-refractivity contribution in [2.75, 3.05) is 0 Å². The first-order valence-corrected chi connectivity index (χ1v) is 7.69. The van der Waals surface area contributed by atoms with Gasteiger partial charge in [0.2, 0.25) is 0 Å². The molecule has 5 heteroatoms. The molecule has 2 nitrogen and oxygen atoms in total. The summed E-state index contributed by atoms with van der Waals surface area (Å²) in [5.74, 6) is -0.623. The van der Waals surface area contributed by atoms with E-state index in [1.807, 2.05) is 0 Å². The summed E-state index contributed by atoms with van der Waals surface area (Å²) >= 11 is 6.76. The Balaban J connectivity index is 2.22. The van der Waals surface area contributed by atoms with Crippen molar-refractivity contribution in [3.63, 3.8) is 0 Å². The molecule has 0 amide bonds. The molecule has 20 heavy (non-hydrogen) atoms. The Hall–Kier alpha value is -1.20. The van der Waals surface area contributed by atoms with Gasteiger partial charge in [-0.1, -0.05) is 56.1 Å². The zero-order chi connectivity index (χ0) is 14.7. The maximum absolute atomic E-state index is 12.9. The van der Waals surface area contributed by atoms with Gasteiger partial charge >= 0.3 is 0 Å². The molecule has 0 fully saturated rings. The summed E-state index contributed by atoms with van der Waals surface area (Å²) in [7, 11) is 0. The first kappa shape index (κ1) is 15.2. The molecule has 2 aromatic rings. The third kappa shape index (κ3) is 3.27. The van der Waals surface area contributed by atoms with Crippen LogP contribution in [0.5, 0.6) is 5.75 Å². The standard InChI is InChI=1S/C15H11Br2FO2/c16-13(9-5-7-10(18)8-6-9)14(17)15(20)11-3-1-2-4-12(11)19/h1-8,13-14,19H/t13-,14-/m0/s1. The van der Waals surface area contributed by atoms with Gasteiger partial charge in [-0.25, -0.2) is 4.39 Å². The monoisotopic (exact) mass is 400 g/mol. The largest absolute Gasteiger partial charge is 0.507 e. The van der Waals surface area contributed by atoms with Gasteiger partial charge in [-0.3, -0.25) is 4.79 Å². The SMILES string of the molecule is O=C(c1ccccc1O)[C@@H](Br)[C@@H](Br)c1ccc(F)cc1. The summed E-state index contributed by atoms with van der Waals surface area (Å²) in [4.78, 5) is 11.4. The molecule has 0 spiro atoms. The van der Waals surface area contributed by atoms with Crippen LogP contribution in [-0.4, -0.2) is 15.7 Å². The van der Waals surface area contributed by atoms with Gasteiger partial charge in [-0.15, -0.1) is 0 Å². The van der Waals surface area contributed by atoms with Crippen molar-refractivity contribution in [3.8, 4) is 5.75 Å². The number of carbonyl (C=O) groups is 1. The second-order valence-electron chi connectivity index (χ2n) is 4.24. The number of carbonyl (C=O) groups excluding carboxylic acids is 1. The number of para-hydroxylation sites is 1. The fraction of sp³-hybridized carbons (Fsp3) is 0.133. The van der Waals surface area contributed by atoms with Crippen LogP contribution in [0.25, 0.3) is 0 Å². The molecule has 0 aromatic heterocycles. The van der Waals surface area contributed by atoms with Crippen molar-refractivity contribution in [1.82, 2.24) is 0 Å². The van der Waals surface area contributed by atoms with Gasteiger partial charge in [0.15, 0.2) is 5.78 Å². The van der Waals surface area contributed by atoms with E-state index in [0.717, 1.165) is 5.56 Å². The predicted octanol–water partition coefficient (Wildman–Crippen LogP) is 4.61. The maximum atomic E-state index is 12.9. The molecular weight excluding hydrogens is 391 g/mol. The highest BCUT2D eigenvalue weighted by Crippen LogP contribution is 2.34. The number of phenolic OH excluding ortho intramolecular Hbond substituents is 1. The minimum absolute atomic E-state index is 0.0549. The Morgan fingerprint density at radius 1 is 1.05 bits per heavy atom. The van der Waals surface area contributed by atoms with Crippen molar-refractivity contribution < 1.29 is 14.3 Å². The third-order valence-electron chi connectivity index (χ3n) is 2.87. The second-order valence-corrected chi connectivity index (χ2v) is 6.21. The van der Waals surface area contributed by atoms with E-state index in [1.165, 1.54) is 18.2 Å². The van der Waals surface area contributed by atoms with Gasteiger partial charge in [0.1, 0.15) is 11.6 Å². The number of halogens is 3. The number of alkyl halides is 2. The van der Waals surface area contributed by atoms with Gasteiger partial charge < -0.3 is 5.11 Å². The molecule has 0 heterocycles. The summed E-state index contributed by atoms with van der Waals surface area (Å²) in [5.41, 5.74) is 1.03. The molecule has 0 aliphatic carbocycles. The number of phenols is 1. The molecule has 0 aliphatic rings. The van der Waals surface area contributed by atoms with Crippen LogP contribution < -0.4 is 0 Å². The molecular formula is C15H11Br2FO2. The fourth-order valence-electron chi connectivity index (χ4n) is 1.78. The number of hydrogen-bond donors (Lipinski definition) is 1. The Morgan fingerprint density at radius 3 is 2.25 bits per heavy atom. The first-order valence-electron chi connectivity index (χ1n) is 5.86. The van der Waals surface area contributed by atoms with Gasteiger partial charge in [-0.05, 0) is 29.8 Å². The summed E-state index contributed by atoms with van der Waals surface area (Å²) in [5, 5.41) is 9.71. The molecule has 104 valence electrons. The lowest BCUT2D eigenvalue weighted by atomic mass is 10.0. The summed E-state index contributed by atoms with van der Waals surface area (Å²) in [6.45, 7) is 0. The van der Waals surface area contributed by atoms with Gasteiger partial charge in [0, 0.05) is 0 Å². The Kier molecular flexibility index (Phi) is 4.94. The average molecular weight is 402 g/mol. The van der Waals surface area contributed by atoms with Crippen molar-refractivity contribution in [2.45, 2.75) is 9.65 Å². The van der Waals surface area contributed by atoms with E-state index in [4.69, 9.17) is 0 Å². The lowest BCUT2D eigenvalue weighted by Crippen LogP contribution is -2.19. The van der Waals surface area contributed by atoms with Crippen LogP contribution in [0.3, 0.4) is 0 Å². The van der Waals surface area contributed by atoms with Crippen LogP contribution in [0, 0.1) is 5.82 Å². The van der Waals surface area contributed by atoms with E-state index < -0.39 is 4.83 Å². The molecule has 2 atom stereocenters. The highest BCUT2D eigenvalue weighted by Gasteiger charge is 2.27. The third-order valence-corrected chi connectivity index (χ3v) is 5.58. The number of Topliss-reactive ketones (excluding diaryl/α,β-unsaturated/α-hetero) is 1. The molecule has 0 unspecified atom stereocenters. The second kappa shape index (κ2) is 6.50. The van der Waals surface area contributed by atoms with E-state index in [2.05, 4.69) is 31.9 Å². The van der Waals surface area contributed by atoms with Gasteiger partial charge in [-0.2, -0.15) is 0 Å². The highest BCUT2D eigenvalue weighted by molar-refractivity contribution is 9.12. The smallest absolute Gasteiger partial charge is 0.181 e. The van der Waals surface area contributed by atoms with Crippen molar-refractivity contribution in [2.24, 2.45) is 0 Å². The summed E-state index contributed by atoms with van der Waals surface area (Å²) in [6, 6.07) is 12.3. The van der Waals surface area contributed by atoms with E-state index in [-0.39, 0.29) is 27.7 Å². The van der Waals surface area contributed by atoms with E-state index >= 15 is 0 Å². The highest BCUT2D eigenvalue weighted by atomic mass is 79.9. The zero-order valence-corrected chi connectivity index (χ0v) is 13.4. The van der Waals surface area contributed by atoms with E-state index in [0.29, 0.717) is 0 Å². The minimum atomic E-state index is -0.568. The molecule has 2 aromatic carbocycles. The molecule has 0 radical (unpaired) electrons. The van der Waals surface area contributed by atoms with E-state index in [1.54, 1.807) is 30.3 Å². The van der Waals surface area contributed by atoms with Crippen LogP contribution in [0.2, 0.25) is 0 Å². The normalized spacial score (nSPS) is 13.8. The van der Waals surface area contributed by atoms with Crippen LogP contribution in [0.15, 0.2) is 48.5 Å². The number of hydrogen-bond acceptors (Lipinski definition) is 2. The van der Waals surface area contributed by atoms with E-state index in [9.17, 15) is 14.3 Å². The lowest BCUT2D eigenvalue weighted by molar-refractivity contribution is 0.0988. The zero-order valence-electron chi connectivity index (χ0n) is 10.3. The number of aromatic hydroxyl groups is 1. The number of ketones is 1. The molecule has 0 aliphatic heterocycles. The molecule has 0 saturated heterocycles. The fourth-order valence-corrected chi connectivity index (χ4v) is 2.88. The van der Waals surface area contributed by atoms with Crippen LogP contribution in [0.4, 0.5) is 4.39 Å². The first-order chi connectivity index (χ1) is 9.50. The predicted molar refractivity (Wildman–Crippen MR) is 83.2 cm³/mol. The van der Waals surface area contributed by atoms with Crippen LogP contribution in [0.1, 0.15) is 20.7 Å². The molecule has 0 saturated carbocycles. The number of rotatable bonds is 4.